The monoisotopic (exact) mass is 402 g/mol. The molecule has 0 saturated carbocycles. The highest BCUT2D eigenvalue weighted by molar-refractivity contribution is 7.89. The van der Waals surface area contributed by atoms with Gasteiger partial charge in [-0.25, -0.2) is 8.42 Å². The van der Waals surface area contributed by atoms with Crippen molar-refractivity contribution in [3.8, 4) is 5.75 Å². The fourth-order valence-electron chi connectivity index (χ4n) is 2.78. The molecule has 0 saturated heterocycles. The van der Waals surface area contributed by atoms with Gasteiger partial charge in [0.15, 0.2) is 0 Å². The van der Waals surface area contributed by atoms with Crippen LogP contribution in [0.5, 0.6) is 5.75 Å². The van der Waals surface area contributed by atoms with E-state index in [1.807, 2.05) is 25.1 Å². The molecule has 1 amide bonds. The Kier molecular flexibility index (Phi) is 7.37. The van der Waals surface area contributed by atoms with Crippen LogP contribution in [0.1, 0.15) is 25.0 Å². The zero-order valence-electron chi connectivity index (χ0n) is 16.6. The van der Waals surface area contributed by atoms with Gasteiger partial charge in [0.05, 0.1) is 12.0 Å². The van der Waals surface area contributed by atoms with Gasteiger partial charge in [0.25, 0.3) is 0 Å². The molecule has 7 heteroatoms. The molecule has 0 unspecified atom stereocenters. The Balaban J connectivity index is 2.18. The van der Waals surface area contributed by atoms with Crippen molar-refractivity contribution in [3.63, 3.8) is 0 Å². The van der Waals surface area contributed by atoms with E-state index in [-0.39, 0.29) is 10.8 Å². The summed E-state index contributed by atoms with van der Waals surface area (Å²) < 4.78 is 31.9. The zero-order chi connectivity index (χ0) is 20.7. The first-order chi connectivity index (χ1) is 13.3. The van der Waals surface area contributed by atoms with Crippen molar-refractivity contribution in [1.82, 2.24) is 4.31 Å². The number of carbonyl (C=O) groups excluding carboxylic acids is 1. The number of carbonyl (C=O) groups is 1. The Morgan fingerprint density at radius 1 is 1.14 bits per heavy atom. The number of anilines is 1. The van der Waals surface area contributed by atoms with Crippen LogP contribution in [0.3, 0.4) is 0 Å². The number of rotatable bonds is 8. The summed E-state index contributed by atoms with van der Waals surface area (Å²) in [4.78, 5) is 12.4. The lowest BCUT2D eigenvalue weighted by atomic mass is 10.1. The molecular weight excluding hydrogens is 376 g/mol. The maximum atomic E-state index is 12.6. The Hall–Kier alpha value is -2.64. The van der Waals surface area contributed by atoms with Crippen LogP contribution >= 0.6 is 0 Å². The molecule has 6 nitrogen and oxygen atoms in total. The predicted molar refractivity (Wildman–Crippen MR) is 112 cm³/mol. The van der Waals surface area contributed by atoms with Gasteiger partial charge in [-0.1, -0.05) is 31.5 Å². The molecule has 0 bridgehead atoms. The summed E-state index contributed by atoms with van der Waals surface area (Å²) in [6.45, 7) is 6.31. The molecule has 0 aromatic heterocycles. The van der Waals surface area contributed by atoms with Crippen LogP contribution in [0, 0.1) is 6.92 Å². The van der Waals surface area contributed by atoms with Gasteiger partial charge in [0, 0.05) is 30.4 Å². The van der Waals surface area contributed by atoms with E-state index < -0.39 is 10.0 Å². The number of benzene rings is 2. The van der Waals surface area contributed by atoms with Gasteiger partial charge in [0.1, 0.15) is 5.75 Å². The molecule has 0 atom stereocenters. The van der Waals surface area contributed by atoms with E-state index in [1.54, 1.807) is 39.2 Å². The molecule has 0 aliphatic rings. The van der Waals surface area contributed by atoms with E-state index in [1.165, 1.54) is 22.5 Å². The van der Waals surface area contributed by atoms with Crippen LogP contribution in [-0.4, -0.2) is 38.8 Å². The lowest BCUT2D eigenvalue weighted by Crippen LogP contribution is -2.30. The summed E-state index contributed by atoms with van der Waals surface area (Å²) >= 11 is 0. The molecule has 0 heterocycles. The molecule has 2 aromatic carbocycles. The molecule has 0 aliphatic heterocycles. The van der Waals surface area contributed by atoms with Crippen LogP contribution in [-0.2, 0) is 14.8 Å². The highest BCUT2D eigenvalue weighted by Crippen LogP contribution is 2.22. The number of nitrogens with one attached hydrogen (secondary N) is 1. The lowest BCUT2D eigenvalue weighted by Gasteiger charge is -2.18. The van der Waals surface area contributed by atoms with Gasteiger partial charge in [-0.3, -0.25) is 4.79 Å². The largest absolute Gasteiger partial charge is 0.496 e. The van der Waals surface area contributed by atoms with Crippen molar-refractivity contribution < 1.29 is 17.9 Å². The van der Waals surface area contributed by atoms with Gasteiger partial charge >= 0.3 is 0 Å². The smallest absolute Gasteiger partial charge is 0.248 e. The number of methoxy groups -OCH3 is 1. The Labute approximate surface area is 166 Å². The van der Waals surface area contributed by atoms with E-state index >= 15 is 0 Å². The van der Waals surface area contributed by atoms with E-state index in [0.29, 0.717) is 24.5 Å². The quantitative estimate of drug-likeness (QED) is 0.684. The lowest BCUT2D eigenvalue weighted by molar-refractivity contribution is -0.111. The SMILES string of the molecule is CCN(CC)S(=O)(=O)c1cccc(NC(=O)/C=C/c2cc(C)ccc2OC)c1. The molecule has 0 radical (unpaired) electrons. The van der Waals surface area contributed by atoms with E-state index in [2.05, 4.69) is 5.32 Å². The van der Waals surface area contributed by atoms with Crippen molar-refractivity contribution in [2.45, 2.75) is 25.7 Å². The molecule has 2 rings (SSSR count). The Bertz CT molecular complexity index is 964. The fraction of sp³-hybridized carbons (Fsp3) is 0.286. The Morgan fingerprint density at radius 2 is 1.86 bits per heavy atom. The van der Waals surface area contributed by atoms with Gasteiger partial charge < -0.3 is 10.1 Å². The molecule has 28 heavy (non-hydrogen) atoms. The van der Waals surface area contributed by atoms with Gasteiger partial charge in [0.2, 0.25) is 15.9 Å². The number of amides is 1. The van der Waals surface area contributed by atoms with Crippen molar-refractivity contribution in [3.05, 3.63) is 59.7 Å². The minimum absolute atomic E-state index is 0.151. The van der Waals surface area contributed by atoms with Crippen molar-refractivity contribution in [1.29, 1.82) is 0 Å². The molecule has 0 fully saturated rings. The molecule has 2 aromatic rings. The molecule has 0 spiro atoms. The Morgan fingerprint density at radius 3 is 2.50 bits per heavy atom. The first kappa shape index (κ1) is 21.7. The third-order valence-electron chi connectivity index (χ3n) is 4.24. The summed E-state index contributed by atoms with van der Waals surface area (Å²) in [5.41, 5.74) is 2.25. The minimum atomic E-state index is -3.58. The molecule has 150 valence electrons. The third kappa shape index (κ3) is 5.21. The minimum Gasteiger partial charge on any atom is -0.496 e. The second-order valence-electron chi connectivity index (χ2n) is 6.19. The first-order valence-electron chi connectivity index (χ1n) is 9.05. The summed E-state index contributed by atoms with van der Waals surface area (Å²) in [6, 6.07) is 11.9. The second-order valence-corrected chi connectivity index (χ2v) is 8.12. The number of hydrogen-bond acceptors (Lipinski definition) is 4. The topological polar surface area (TPSA) is 75.7 Å². The van der Waals surface area contributed by atoms with Crippen LogP contribution in [0.25, 0.3) is 6.08 Å². The first-order valence-corrected chi connectivity index (χ1v) is 10.5. The average molecular weight is 403 g/mol. The standard InChI is InChI=1S/C21H26N2O4S/c1-5-23(6-2)28(25,26)19-9-7-8-18(15-19)22-21(24)13-11-17-14-16(3)10-12-20(17)27-4/h7-15H,5-6H2,1-4H3,(H,22,24)/b13-11+. The summed E-state index contributed by atoms with van der Waals surface area (Å²) in [5, 5.41) is 2.70. The second kappa shape index (κ2) is 9.52. The van der Waals surface area contributed by atoms with E-state index in [0.717, 1.165) is 11.1 Å². The van der Waals surface area contributed by atoms with Crippen molar-refractivity contribution in [2.24, 2.45) is 0 Å². The molecule has 1 N–H and O–H groups in total. The van der Waals surface area contributed by atoms with Crippen LogP contribution < -0.4 is 10.1 Å². The van der Waals surface area contributed by atoms with Crippen LogP contribution in [0.2, 0.25) is 0 Å². The zero-order valence-corrected chi connectivity index (χ0v) is 17.4. The molecular formula is C21H26N2O4S. The third-order valence-corrected chi connectivity index (χ3v) is 6.29. The van der Waals surface area contributed by atoms with Gasteiger partial charge in [-0.05, 0) is 43.3 Å². The molecule has 0 aliphatic carbocycles. The number of hydrogen-bond donors (Lipinski definition) is 1. The summed E-state index contributed by atoms with van der Waals surface area (Å²) in [6.07, 6.45) is 3.06. The van der Waals surface area contributed by atoms with Crippen molar-refractivity contribution in [2.75, 3.05) is 25.5 Å². The van der Waals surface area contributed by atoms with Gasteiger partial charge in [-0.2, -0.15) is 4.31 Å². The van der Waals surface area contributed by atoms with E-state index in [9.17, 15) is 13.2 Å². The average Bonchev–Trinajstić information content (AvgIpc) is 2.67. The number of aryl methyl sites for hydroxylation is 1. The fourth-order valence-corrected chi connectivity index (χ4v) is 4.28. The number of sulfonamides is 1. The highest BCUT2D eigenvalue weighted by atomic mass is 32.2. The number of ether oxygens (including phenoxy) is 1. The normalized spacial score (nSPS) is 11.8. The predicted octanol–water partition coefficient (Wildman–Crippen LogP) is 3.69. The summed E-state index contributed by atoms with van der Waals surface area (Å²) in [7, 11) is -2.01. The van der Waals surface area contributed by atoms with Crippen LogP contribution in [0.15, 0.2) is 53.4 Å². The highest BCUT2D eigenvalue weighted by Gasteiger charge is 2.21. The van der Waals surface area contributed by atoms with Crippen LogP contribution in [0.4, 0.5) is 5.69 Å². The summed E-state index contributed by atoms with van der Waals surface area (Å²) in [5.74, 6) is 0.308. The maximum Gasteiger partial charge on any atom is 0.248 e. The van der Waals surface area contributed by atoms with E-state index in [4.69, 9.17) is 4.74 Å². The van der Waals surface area contributed by atoms with Gasteiger partial charge in [-0.15, -0.1) is 0 Å². The maximum absolute atomic E-state index is 12.6. The number of nitrogens with zero attached hydrogens (tertiary/aromatic N) is 1. The van der Waals surface area contributed by atoms with Crippen molar-refractivity contribution >= 4 is 27.7 Å².